The third-order valence-corrected chi connectivity index (χ3v) is 5.07. The van der Waals surface area contributed by atoms with Gasteiger partial charge in [0.15, 0.2) is 5.13 Å². The summed E-state index contributed by atoms with van der Waals surface area (Å²) >= 11 is 1.61. The Morgan fingerprint density at radius 1 is 1.42 bits per heavy atom. The summed E-state index contributed by atoms with van der Waals surface area (Å²) < 4.78 is 5.82. The van der Waals surface area contributed by atoms with Crippen molar-refractivity contribution in [3.8, 4) is 0 Å². The zero-order valence-corrected chi connectivity index (χ0v) is 15.0. The van der Waals surface area contributed by atoms with Crippen molar-refractivity contribution in [1.82, 2.24) is 14.9 Å². The highest BCUT2D eigenvalue weighted by Crippen LogP contribution is 2.26. The highest BCUT2D eigenvalue weighted by atomic mass is 32.1. The van der Waals surface area contributed by atoms with Gasteiger partial charge in [-0.05, 0) is 26.0 Å². The molecule has 1 aliphatic heterocycles. The van der Waals surface area contributed by atoms with Gasteiger partial charge in [0, 0.05) is 17.8 Å². The molecule has 2 aromatic heterocycles. The summed E-state index contributed by atoms with van der Waals surface area (Å²) in [5.41, 5.74) is 1.86. The number of rotatable bonds is 4. The Hall–Kier alpha value is -1.99. The number of nitrogens with one attached hydrogen (secondary N) is 1. The monoisotopic (exact) mass is 346 g/mol. The van der Waals surface area contributed by atoms with Crippen LogP contribution in [-0.2, 0) is 9.53 Å². The predicted molar refractivity (Wildman–Crippen MR) is 94.7 cm³/mol. The summed E-state index contributed by atoms with van der Waals surface area (Å²) in [5.74, 6) is 0.898. The van der Waals surface area contributed by atoms with Crippen molar-refractivity contribution in [2.45, 2.75) is 33.3 Å². The van der Waals surface area contributed by atoms with Gasteiger partial charge < -0.3 is 15.0 Å². The van der Waals surface area contributed by atoms with Crippen molar-refractivity contribution in [2.24, 2.45) is 0 Å². The summed E-state index contributed by atoms with van der Waals surface area (Å²) in [6.07, 6.45) is 0.334. The molecule has 0 bridgehead atoms. The van der Waals surface area contributed by atoms with Gasteiger partial charge in [0.25, 0.3) is 0 Å². The molecule has 1 aliphatic rings. The number of carbonyl (C=O) groups is 1. The Morgan fingerprint density at radius 3 is 2.96 bits per heavy atom. The van der Waals surface area contributed by atoms with Crippen molar-refractivity contribution in [1.29, 1.82) is 0 Å². The summed E-state index contributed by atoms with van der Waals surface area (Å²) in [5, 5.41) is 4.09. The van der Waals surface area contributed by atoms with Crippen molar-refractivity contribution in [3.63, 3.8) is 0 Å². The Kier molecular flexibility index (Phi) is 5.11. The van der Waals surface area contributed by atoms with E-state index in [2.05, 4.69) is 22.2 Å². The largest absolute Gasteiger partial charge is 0.368 e. The summed E-state index contributed by atoms with van der Waals surface area (Å²) in [7, 11) is 0. The summed E-state index contributed by atoms with van der Waals surface area (Å²) in [6, 6.07) is 5.80. The first kappa shape index (κ1) is 16.9. The fraction of sp³-hybridized carbons (Fsp3) is 0.471. The van der Waals surface area contributed by atoms with Crippen molar-refractivity contribution in [3.05, 3.63) is 34.5 Å². The molecule has 24 heavy (non-hydrogen) atoms. The van der Waals surface area contributed by atoms with E-state index >= 15 is 0 Å². The van der Waals surface area contributed by atoms with Gasteiger partial charge in [-0.15, -0.1) is 11.3 Å². The van der Waals surface area contributed by atoms with Gasteiger partial charge >= 0.3 is 0 Å². The number of hydrogen-bond acceptors (Lipinski definition) is 6. The van der Waals surface area contributed by atoms with Gasteiger partial charge in [0.05, 0.1) is 24.5 Å². The van der Waals surface area contributed by atoms with E-state index in [4.69, 9.17) is 4.74 Å². The van der Waals surface area contributed by atoms with E-state index in [9.17, 15) is 4.79 Å². The molecule has 3 heterocycles. The number of carbonyl (C=O) groups excluding carboxylic acids is 1. The third-order valence-electron chi connectivity index (χ3n) is 4.09. The van der Waals surface area contributed by atoms with Crippen LogP contribution in [0.25, 0.3) is 0 Å². The third kappa shape index (κ3) is 3.73. The van der Waals surface area contributed by atoms with Crippen LogP contribution < -0.4 is 5.32 Å². The van der Waals surface area contributed by atoms with Crippen LogP contribution in [0.1, 0.15) is 35.7 Å². The number of hydrogen-bond donors (Lipinski definition) is 1. The van der Waals surface area contributed by atoms with Gasteiger partial charge in [0.2, 0.25) is 5.91 Å². The molecule has 1 fully saturated rings. The Morgan fingerprint density at radius 2 is 2.25 bits per heavy atom. The first-order valence-corrected chi connectivity index (χ1v) is 8.96. The number of nitrogens with zero attached hydrogens (tertiary/aromatic N) is 3. The molecule has 3 rings (SSSR count). The van der Waals surface area contributed by atoms with E-state index in [1.807, 2.05) is 36.9 Å². The molecule has 1 saturated heterocycles. The average Bonchev–Trinajstić information content (AvgIpc) is 2.92. The van der Waals surface area contributed by atoms with E-state index in [1.54, 1.807) is 11.3 Å². The van der Waals surface area contributed by atoms with Gasteiger partial charge in [0.1, 0.15) is 11.9 Å². The van der Waals surface area contributed by atoms with E-state index in [0.717, 1.165) is 22.3 Å². The van der Waals surface area contributed by atoms with E-state index in [0.29, 0.717) is 26.1 Å². The fourth-order valence-corrected chi connectivity index (χ4v) is 3.44. The highest BCUT2D eigenvalue weighted by Gasteiger charge is 2.25. The first-order valence-electron chi connectivity index (χ1n) is 8.14. The zero-order valence-electron chi connectivity index (χ0n) is 14.2. The molecule has 7 heteroatoms. The van der Waals surface area contributed by atoms with Crippen LogP contribution in [-0.4, -0.2) is 40.5 Å². The van der Waals surface area contributed by atoms with E-state index in [1.165, 1.54) is 4.88 Å². The van der Waals surface area contributed by atoms with Crippen LogP contribution in [0.4, 0.5) is 10.9 Å². The molecule has 2 aromatic rings. The second-order valence-electron chi connectivity index (χ2n) is 5.79. The van der Waals surface area contributed by atoms with Crippen LogP contribution in [0.2, 0.25) is 0 Å². The molecular formula is C17H22N4O2S. The van der Waals surface area contributed by atoms with Crippen LogP contribution in [0, 0.1) is 13.8 Å². The second-order valence-corrected chi connectivity index (χ2v) is 6.99. The predicted octanol–water partition coefficient (Wildman–Crippen LogP) is 3.21. The molecular weight excluding hydrogens is 324 g/mol. The highest BCUT2D eigenvalue weighted by molar-refractivity contribution is 7.15. The average molecular weight is 346 g/mol. The SMILES string of the molecule is CCC(=O)N1CCO[C@@H](c2cccc(Nc3nc(C)c(C)s3)n2)C1. The van der Waals surface area contributed by atoms with Gasteiger partial charge in [-0.1, -0.05) is 13.0 Å². The molecule has 0 spiro atoms. The number of aromatic nitrogens is 2. The Balaban J connectivity index is 1.73. The lowest BCUT2D eigenvalue weighted by Gasteiger charge is -2.32. The minimum absolute atomic E-state index is 0.159. The lowest BCUT2D eigenvalue weighted by molar-refractivity contribution is -0.138. The number of pyridine rings is 1. The standard InChI is InChI=1S/C17H22N4O2S/c1-4-16(22)21-8-9-23-14(10-21)13-6-5-7-15(19-13)20-17-18-11(2)12(3)24-17/h5-7,14H,4,8-10H2,1-3H3,(H,18,19,20)/t14-/m1/s1. The van der Waals surface area contributed by atoms with Gasteiger partial charge in [-0.25, -0.2) is 9.97 Å². The minimum Gasteiger partial charge on any atom is -0.368 e. The van der Waals surface area contributed by atoms with Crippen LogP contribution in [0.5, 0.6) is 0 Å². The van der Waals surface area contributed by atoms with Crippen LogP contribution in [0.3, 0.4) is 0 Å². The lowest BCUT2D eigenvalue weighted by Crippen LogP contribution is -2.42. The summed E-state index contributed by atoms with van der Waals surface area (Å²) in [6.45, 7) is 7.68. The first-order chi connectivity index (χ1) is 11.6. The molecule has 0 radical (unpaired) electrons. The number of ether oxygens (including phenoxy) is 1. The maximum absolute atomic E-state index is 11.9. The number of anilines is 2. The molecule has 0 aliphatic carbocycles. The molecule has 0 saturated carbocycles. The van der Waals surface area contributed by atoms with E-state index in [-0.39, 0.29) is 12.0 Å². The van der Waals surface area contributed by atoms with E-state index < -0.39 is 0 Å². The normalized spacial score (nSPS) is 17.8. The molecule has 1 atom stereocenters. The fourth-order valence-electron chi connectivity index (χ4n) is 2.61. The Labute approximate surface area is 145 Å². The number of morpholine rings is 1. The molecule has 0 aromatic carbocycles. The molecule has 128 valence electrons. The van der Waals surface area contributed by atoms with Crippen molar-refractivity contribution >= 4 is 28.2 Å². The Bertz CT molecular complexity index is 712. The van der Waals surface area contributed by atoms with Gasteiger partial charge in [-0.3, -0.25) is 4.79 Å². The zero-order chi connectivity index (χ0) is 17.1. The minimum atomic E-state index is -0.184. The summed E-state index contributed by atoms with van der Waals surface area (Å²) in [4.78, 5) is 24.1. The molecule has 6 nitrogen and oxygen atoms in total. The molecule has 0 unspecified atom stereocenters. The van der Waals surface area contributed by atoms with Gasteiger partial charge in [-0.2, -0.15) is 0 Å². The number of thiazole rings is 1. The van der Waals surface area contributed by atoms with Crippen molar-refractivity contribution in [2.75, 3.05) is 25.0 Å². The second kappa shape index (κ2) is 7.27. The van der Waals surface area contributed by atoms with Crippen LogP contribution >= 0.6 is 11.3 Å². The molecule has 1 N–H and O–H groups in total. The van der Waals surface area contributed by atoms with Crippen molar-refractivity contribution < 1.29 is 9.53 Å². The topological polar surface area (TPSA) is 67.3 Å². The number of amides is 1. The molecule has 1 amide bonds. The number of aryl methyl sites for hydroxylation is 2. The maximum atomic E-state index is 11.9. The lowest BCUT2D eigenvalue weighted by atomic mass is 10.2. The quantitative estimate of drug-likeness (QED) is 0.921. The maximum Gasteiger partial charge on any atom is 0.222 e. The smallest absolute Gasteiger partial charge is 0.222 e. The van der Waals surface area contributed by atoms with Crippen LogP contribution in [0.15, 0.2) is 18.2 Å².